The lowest BCUT2D eigenvalue weighted by Gasteiger charge is -2.09. The summed E-state index contributed by atoms with van der Waals surface area (Å²) in [5.41, 5.74) is 0.972. The number of rotatable bonds is 5. The summed E-state index contributed by atoms with van der Waals surface area (Å²) in [6.45, 7) is 1.06. The number of benzene rings is 1. The highest BCUT2D eigenvalue weighted by Crippen LogP contribution is 2.14. The largest absolute Gasteiger partial charge is 1.00 e. The minimum atomic E-state index is 0. The molecule has 0 heterocycles. The fourth-order valence-electron chi connectivity index (χ4n) is 1.30. The fraction of sp³-hybridized carbons (Fsp3) is 0.417. The van der Waals surface area contributed by atoms with Gasteiger partial charge in [0.2, 0.25) is 0 Å². The normalized spacial score (nSPS) is 11.4. The zero-order chi connectivity index (χ0) is 11.8. The van der Waals surface area contributed by atoms with Crippen LogP contribution in [0.3, 0.4) is 0 Å². The van der Waals surface area contributed by atoms with E-state index in [1.165, 1.54) is 0 Å². The van der Waals surface area contributed by atoms with Crippen LogP contribution in [0.5, 0.6) is 0 Å². The van der Waals surface area contributed by atoms with Crippen LogP contribution in [0.1, 0.15) is 12.0 Å². The molecule has 3 nitrogen and oxygen atoms in total. The number of halogens is 1. The van der Waals surface area contributed by atoms with Gasteiger partial charge in [-0.2, -0.15) is 0 Å². The Morgan fingerprint density at radius 2 is 1.94 bits per heavy atom. The predicted molar refractivity (Wildman–Crippen MR) is 70.4 cm³/mol. The smallest absolute Gasteiger partial charge is 0.142 e. The van der Waals surface area contributed by atoms with Crippen LogP contribution >= 0.6 is 11.8 Å². The average molecular weight is 274 g/mol. The Balaban J connectivity index is 0.00000256. The van der Waals surface area contributed by atoms with Crippen molar-refractivity contribution in [2.75, 3.05) is 26.4 Å². The lowest BCUT2D eigenvalue weighted by molar-refractivity contribution is -0.00000417. The predicted octanol–water partition coefficient (Wildman–Crippen LogP) is -0.489. The molecule has 0 bridgehead atoms. The first-order valence-corrected chi connectivity index (χ1v) is 6.27. The van der Waals surface area contributed by atoms with Crippen molar-refractivity contribution in [3.63, 3.8) is 0 Å². The van der Waals surface area contributed by atoms with Gasteiger partial charge in [-0.3, -0.25) is 0 Å². The van der Waals surface area contributed by atoms with E-state index in [1.807, 2.05) is 30.3 Å². The molecule has 0 radical (unpaired) electrons. The van der Waals surface area contributed by atoms with Gasteiger partial charge in [0.05, 0.1) is 0 Å². The van der Waals surface area contributed by atoms with Crippen LogP contribution in [0.2, 0.25) is 0 Å². The third-order valence-electron chi connectivity index (χ3n) is 2.10. The topological polar surface area (TPSA) is 35.8 Å². The molecular formula is C12H18ClN2OS-. The molecule has 1 aromatic carbocycles. The van der Waals surface area contributed by atoms with Crippen molar-refractivity contribution in [1.82, 2.24) is 4.90 Å². The Morgan fingerprint density at radius 1 is 1.29 bits per heavy atom. The molecule has 0 aromatic heterocycles. The molecule has 0 aliphatic rings. The van der Waals surface area contributed by atoms with Crippen molar-refractivity contribution in [3.8, 4) is 0 Å². The van der Waals surface area contributed by atoms with Crippen LogP contribution in [0, 0.1) is 0 Å². The van der Waals surface area contributed by atoms with Gasteiger partial charge in [-0.25, -0.2) is 0 Å². The number of hydrogen-bond donors (Lipinski definition) is 1. The van der Waals surface area contributed by atoms with Gasteiger partial charge in [0.1, 0.15) is 5.04 Å². The summed E-state index contributed by atoms with van der Waals surface area (Å²) in [6, 6.07) is 9.75. The highest BCUT2D eigenvalue weighted by molar-refractivity contribution is 8.14. The van der Waals surface area contributed by atoms with E-state index >= 15 is 0 Å². The Bertz CT molecular complexity index is 331. The Hall–Kier alpha value is -0.710. The van der Waals surface area contributed by atoms with Gasteiger partial charge in [-0.05, 0) is 27.1 Å². The molecule has 0 saturated heterocycles. The van der Waals surface area contributed by atoms with E-state index in [1.54, 1.807) is 11.8 Å². The van der Waals surface area contributed by atoms with Crippen LogP contribution in [0.15, 0.2) is 35.5 Å². The Morgan fingerprint density at radius 3 is 2.47 bits per heavy atom. The van der Waals surface area contributed by atoms with Gasteiger partial charge in [0.25, 0.3) is 0 Å². The fourth-order valence-corrected chi connectivity index (χ4v) is 2.13. The van der Waals surface area contributed by atoms with E-state index < -0.39 is 0 Å². The first-order chi connectivity index (χ1) is 7.74. The molecule has 0 aliphatic heterocycles. The van der Waals surface area contributed by atoms with E-state index in [-0.39, 0.29) is 12.4 Å². The SMILES string of the molecule is CN(C)CCCS/C(=N/O)c1ccccc1.[Cl-]. The second-order valence-electron chi connectivity index (χ2n) is 3.78. The molecule has 96 valence electrons. The van der Waals surface area contributed by atoms with E-state index in [0.717, 1.165) is 24.3 Å². The highest BCUT2D eigenvalue weighted by Gasteiger charge is 2.04. The first-order valence-electron chi connectivity index (χ1n) is 5.29. The van der Waals surface area contributed by atoms with E-state index in [4.69, 9.17) is 5.21 Å². The molecule has 1 aromatic rings. The summed E-state index contributed by atoms with van der Waals surface area (Å²) < 4.78 is 0. The lowest BCUT2D eigenvalue weighted by Crippen LogP contribution is -3.00. The van der Waals surface area contributed by atoms with Crippen molar-refractivity contribution < 1.29 is 17.6 Å². The molecule has 0 unspecified atom stereocenters. The van der Waals surface area contributed by atoms with Crippen LogP contribution in [0.25, 0.3) is 0 Å². The van der Waals surface area contributed by atoms with Crippen molar-refractivity contribution in [1.29, 1.82) is 0 Å². The van der Waals surface area contributed by atoms with Crippen molar-refractivity contribution >= 4 is 16.8 Å². The van der Waals surface area contributed by atoms with Crippen LogP contribution < -0.4 is 12.4 Å². The zero-order valence-corrected chi connectivity index (χ0v) is 11.7. The standard InChI is InChI=1S/C12H18N2OS.ClH/c1-14(2)9-6-10-16-12(13-15)11-7-4-3-5-8-11;/h3-5,7-8,15H,6,9-10H2,1-2H3;1H/p-1/b13-12+;. The Labute approximate surface area is 113 Å². The van der Waals surface area contributed by atoms with Gasteiger partial charge in [0, 0.05) is 11.3 Å². The molecule has 17 heavy (non-hydrogen) atoms. The van der Waals surface area contributed by atoms with Crippen molar-refractivity contribution in [3.05, 3.63) is 35.9 Å². The maximum Gasteiger partial charge on any atom is 0.142 e. The first kappa shape index (κ1) is 16.3. The van der Waals surface area contributed by atoms with Crippen molar-refractivity contribution in [2.45, 2.75) is 6.42 Å². The van der Waals surface area contributed by atoms with Gasteiger partial charge >= 0.3 is 0 Å². The molecule has 0 amide bonds. The zero-order valence-electron chi connectivity index (χ0n) is 10.1. The second-order valence-corrected chi connectivity index (χ2v) is 4.86. The summed E-state index contributed by atoms with van der Waals surface area (Å²) in [5.74, 6) is 0.965. The van der Waals surface area contributed by atoms with Gasteiger partial charge in [0.15, 0.2) is 0 Å². The maximum absolute atomic E-state index is 8.94. The molecule has 1 rings (SSSR count). The average Bonchev–Trinajstić information content (AvgIpc) is 2.30. The molecule has 0 atom stereocenters. The Kier molecular flexibility index (Phi) is 8.94. The molecule has 0 spiro atoms. The quantitative estimate of drug-likeness (QED) is 0.259. The summed E-state index contributed by atoms with van der Waals surface area (Å²) in [7, 11) is 4.12. The molecule has 0 saturated carbocycles. The molecular weight excluding hydrogens is 256 g/mol. The summed E-state index contributed by atoms with van der Waals surface area (Å²) in [6.07, 6.45) is 1.09. The van der Waals surface area contributed by atoms with E-state index in [0.29, 0.717) is 5.04 Å². The molecule has 1 N–H and O–H groups in total. The monoisotopic (exact) mass is 273 g/mol. The number of oxime groups is 1. The number of thioether (sulfide) groups is 1. The van der Waals surface area contributed by atoms with Gasteiger partial charge in [-0.15, -0.1) is 11.8 Å². The maximum atomic E-state index is 8.94. The van der Waals surface area contributed by atoms with E-state index in [2.05, 4.69) is 24.2 Å². The minimum absolute atomic E-state index is 0. The van der Waals surface area contributed by atoms with Crippen LogP contribution in [-0.4, -0.2) is 41.5 Å². The summed E-state index contributed by atoms with van der Waals surface area (Å²) in [4.78, 5) is 2.15. The second kappa shape index (κ2) is 9.33. The molecule has 0 fully saturated rings. The third-order valence-corrected chi connectivity index (χ3v) is 3.18. The minimum Gasteiger partial charge on any atom is -1.00 e. The number of nitrogens with zero attached hydrogens (tertiary/aromatic N) is 2. The number of hydrogen-bond acceptors (Lipinski definition) is 4. The van der Waals surface area contributed by atoms with Gasteiger partial charge in [-0.1, -0.05) is 35.5 Å². The summed E-state index contributed by atoms with van der Waals surface area (Å²) >= 11 is 1.59. The van der Waals surface area contributed by atoms with Gasteiger partial charge < -0.3 is 22.5 Å². The van der Waals surface area contributed by atoms with E-state index in [9.17, 15) is 0 Å². The highest BCUT2D eigenvalue weighted by atomic mass is 35.5. The molecule has 0 aliphatic carbocycles. The third kappa shape index (κ3) is 6.56. The van der Waals surface area contributed by atoms with Crippen LogP contribution in [-0.2, 0) is 0 Å². The summed E-state index contributed by atoms with van der Waals surface area (Å²) in [5, 5.41) is 13.0. The van der Waals surface area contributed by atoms with Crippen LogP contribution in [0.4, 0.5) is 0 Å². The lowest BCUT2D eigenvalue weighted by atomic mass is 10.2. The van der Waals surface area contributed by atoms with Crippen molar-refractivity contribution in [2.24, 2.45) is 5.16 Å². The molecule has 5 heteroatoms.